The number of rotatable bonds is 2. The van der Waals surface area contributed by atoms with Crippen LogP contribution in [0.2, 0.25) is 0 Å². The zero-order valence-corrected chi connectivity index (χ0v) is 4.88. The molecule has 0 aromatic carbocycles. The van der Waals surface area contributed by atoms with Crippen molar-refractivity contribution in [2.75, 3.05) is 0 Å². The van der Waals surface area contributed by atoms with Gasteiger partial charge in [-0.25, -0.2) is 0 Å². The molecule has 0 radical (unpaired) electrons. The van der Waals surface area contributed by atoms with Gasteiger partial charge in [0.25, 0.3) is 0 Å². The Labute approximate surface area is 42.6 Å². The van der Waals surface area contributed by atoms with Crippen LogP contribution in [0.25, 0.3) is 0 Å². The largest absolute Gasteiger partial charge is 0.302 e. The van der Waals surface area contributed by atoms with Crippen molar-refractivity contribution in [1.29, 1.82) is 5.41 Å². The van der Waals surface area contributed by atoms with E-state index >= 15 is 0 Å². The predicted octanol–water partition coefficient (Wildman–Crippen LogP) is 1.74. The van der Waals surface area contributed by atoms with Gasteiger partial charge >= 0.3 is 0 Å². The molecule has 0 unspecified atom stereocenters. The molecule has 0 saturated carbocycles. The van der Waals surface area contributed by atoms with Gasteiger partial charge < -0.3 is 5.41 Å². The molecule has 0 aliphatic rings. The smallest absolute Gasteiger partial charge is 0.0509 e. The van der Waals surface area contributed by atoms with Crippen molar-refractivity contribution >= 4 is 17.3 Å². The lowest BCUT2D eigenvalue weighted by atomic mass is 10.6. The number of hydrogen-bond donors (Lipinski definition) is 1. The predicted molar refractivity (Wildman–Crippen MR) is 31.5 cm³/mol. The van der Waals surface area contributed by atoms with Gasteiger partial charge in [0.1, 0.15) is 0 Å². The minimum Gasteiger partial charge on any atom is -0.302 e. The van der Waals surface area contributed by atoms with Gasteiger partial charge in [0, 0.05) is 5.25 Å². The molecule has 0 heterocycles. The zero-order chi connectivity index (χ0) is 4.99. The molecule has 36 valence electrons. The van der Waals surface area contributed by atoms with E-state index < -0.39 is 0 Å². The van der Waals surface area contributed by atoms with Crippen LogP contribution in [0.15, 0.2) is 0 Å². The molecule has 0 spiro atoms. The molecular weight excluding hydrogens is 94.1 g/mol. The van der Waals surface area contributed by atoms with Crippen LogP contribution >= 0.6 is 11.8 Å². The summed E-state index contributed by atoms with van der Waals surface area (Å²) < 4.78 is 0. The highest BCUT2D eigenvalue weighted by Gasteiger charge is 1.84. The van der Waals surface area contributed by atoms with Crippen molar-refractivity contribution in [2.24, 2.45) is 0 Å². The van der Waals surface area contributed by atoms with Gasteiger partial charge in [-0.1, -0.05) is 13.8 Å². The SMILES string of the molecule is CC(C)SC=N. The fourth-order valence-corrected chi connectivity index (χ4v) is 0.408. The fourth-order valence-electron chi connectivity index (χ4n) is 0.136. The first-order valence-electron chi connectivity index (χ1n) is 1.91. The second kappa shape index (κ2) is 3.22. The quantitative estimate of drug-likeness (QED) is 0.417. The van der Waals surface area contributed by atoms with Gasteiger partial charge in [0.15, 0.2) is 0 Å². The molecule has 0 saturated heterocycles. The number of nitrogens with one attached hydrogen (secondary N) is 1. The summed E-state index contributed by atoms with van der Waals surface area (Å²) >= 11 is 1.53. The van der Waals surface area contributed by atoms with Crippen LogP contribution in [-0.2, 0) is 0 Å². The summed E-state index contributed by atoms with van der Waals surface area (Å²) in [7, 11) is 0. The van der Waals surface area contributed by atoms with Crippen molar-refractivity contribution in [3.63, 3.8) is 0 Å². The highest BCUT2D eigenvalue weighted by molar-refractivity contribution is 8.12. The highest BCUT2D eigenvalue weighted by Crippen LogP contribution is 2.01. The summed E-state index contributed by atoms with van der Waals surface area (Å²) in [6, 6.07) is 0. The minimum atomic E-state index is 0.572. The van der Waals surface area contributed by atoms with E-state index in [1.165, 1.54) is 17.3 Å². The maximum atomic E-state index is 6.57. The summed E-state index contributed by atoms with van der Waals surface area (Å²) in [4.78, 5) is 0. The monoisotopic (exact) mass is 103 g/mol. The summed E-state index contributed by atoms with van der Waals surface area (Å²) in [5.41, 5.74) is 1.37. The van der Waals surface area contributed by atoms with Crippen molar-refractivity contribution in [3.05, 3.63) is 0 Å². The summed E-state index contributed by atoms with van der Waals surface area (Å²) in [6.45, 7) is 4.13. The first-order chi connectivity index (χ1) is 2.77. The van der Waals surface area contributed by atoms with E-state index in [2.05, 4.69) is 13.8 Å². The van der Waals surface area contributed by atoms with Crippen LogP contribution in [0, 0.1) is 5.41 Å². The Morgan fingerprint density at radius 1 is 1.67 bits per heavy atom. The molecule has 0 atom stereocenters. The first kappa shape index (κ1) is 6.02. The third kappa shape index (κ3) is 4.02. The number of hydrogen-bond acceptors (Lipinski definition) is 2. The van der Waals surface area contributed by atoms with Crippen molar-refractivity contribution in [3.8, 4) is 0 Å². The Morgan fingerprint density at radius 2 is 2.17 bits per heavy atom. The summed E-state index contributed by atoms with van der Waals surface area (Å²) in [6.07, 6.45) is 0. The molecule has 0 bridgehead atoms. The normalized spacial score (nSPS) is 9.17. The van der Waals surface area contributed by atoms with Crippen LogP contribution in [0.3, 0.4) is 0 Å². The molecule has 0 aromatic rings. The minimum absolute atomic E-state index is 0.572. The Morgan fingerprint density at radius 3 is 2.17 bits per heavy atom. The lowest BCUT2D eigenvalue weighted by Gasteiger charge is -1.91. The maximum Gasteiger partial charge on any atom is 0.0509 e. The van der Waals surface area contributed by atoms with E-state index in [0.29, 0.717) is 5.25 Å². The Bertz CT molecular complexity index is 42.8. The third-order valence-corrected chi connectivity index (χ3v) is 1.02. The van der Waals surface area contributed by atoms with Crippen LogP contribution in [-0.4, -0.2) is 10.8 Å². The maximum absolute atomic E-state index is 6.57. The van der Waals surface area contributed by atoms with Crippen molar-refractivity contribution in [1.82, 2.24) is 0 Å². The fraction of sp³-hybridized carbons (Fsp3) is 0.750. The second-order valence-electron chi connectivity index (χ2n) is 1.30. The Kier molecular flexibility index (Phi) is 3.23. The van der Waals surface area contributed by atoms with E-state index in [-0.39, 0.29) is 0 Å². The molecule has 0 rings (SSSR count). The highest BCUT2D eigenvalue weighted by atomic mass is 32.2. The molecule has 0 aliphatic carbocycles. The van der Waals surface area contributed by atoms with Crippen molar-refractivity contribution < 1.29 is 0 Å². The molecule has 0 fully saturated rings. The summed E-state index contributed by atoms with van der Waals surface area (Å²) in [5.74, 6) is 0. The summed E-state index contributed by atoms with van der Waals surface area (Å²) in [5, 5.41) is 7.14. The lowest BCUT2D eigenvalue weighted by Crippen LogP contribution is -1.82. The molecule has 1 nitrogen and oxygen atoms in total. The van der Waals surface area contributed by atoms with Crippen LogP contribution in [0.4, 0.5) is 0 Å². The zero-order valence-electron chi connectivity index (χ0n) is 4.06. The van der Waals surface area contributed by atoms with Crippen LogP contribution in [0.5, 0.6) is 0 Å². The average molecular weight is 103 g/mol. The Balaban J connectivity index is 2.81. The molecule has 2 heteroatoms. The first-order valence-corrected chi connectivity index (χ1v) is 2.86. The van der Waals surface area contributed by atoms with E-state index in [4.69, 9.17) is 5.41 Å². The van der Waals surface area contributed by atoms with Crippen molar-refractivity contribution in [2.45, 2.75) is 19.1 Å². The average Bonchev–Trinajstić information content (AvgIpc) is 1.35. The van der Waals surface area contributed by atoms with Crippen LogP contribution < -0.4 is 0 Å². The molecule has 1 N–H and O–H groups in total. The molecule has 0 aliphatic heterocycles. The Hall–Kier alpha value is 0.0200. The molecule has 0 aromatic heterocycles. The van der Waals surface area contributed by atoms with Gasteiger partial charge in [-0.3, -0.25) is 0 Å². The van der Waals surface area contributed by atoms with Gasteiger partial charge in [-0.05, 0) is 0 Å². The number of thioether (sulfide) groups is 1. The van der Waals surface area contributed by atoms with Crippen LogP contribution in [0.1, 0.15) is 13.8 Å². The lowest BCUT2D eigenvalue weighted by molar-refractivity contribution is 1.12. The van der Waals surface area contributed by atoms with E-state index in [0.717, 1.165) is 0 Å². The standard InChI is InChI=1S/C4H9NS/c1-4(2)6-3-5/h3-5H,1-2H3. The van der Waals surface area contributed by atoms with E-state index in [1.54, 1.807) is 0 Å². The second-order valence-corrected chi connectivity index (χ2v) is 2.75. The third-order valence-electron chi connectivity index (χ3n) is 0.340. The molecule has 0 amide bonds. The van der Waals surface area contributed by atoms with Gasteiger partial charge in [-0.2, -0.15) is 0 Å². The van der Waals surface area contributed by atoms with E-state index in [1.807, 2.05) is 0 Å². The topological polar surface area (TPSA) is 23.9 Å². The molecule has 6 heavy (non-hydrogen) atoms. The van der Waals surface area contributed by atoms with E-state index in [9.17, 15) is 0 Å². The van der Waals surface area contributed by atoms with Gasteiger partial charge in [0.2, 0.25) is 0 Å². The van der Waals surface area contributed by atoms with Gasteiger partial charge in [-0.15, -0.1) is 11.8 Å². The molecular formula is C4H9NS. The van der Waals surface area contributed by atoms with Gasteiger partial charge in [0.05, 0.1) is 5.55 Å².